The molecule has 0 spiro atoms. The fraction of sp³-hybridized carbons (Fsp3) is 0.684. The van der Waals surface area contributed by atoms with Crippen LogP contribution in [0.25, 0.3) is 0 Å². The predicted molar refractivity (Wildman–Crippen MR) is 206 cm³/mol. The number of ether oxygens (including phenoxy) is 1. The first-order valence-corrected chi connectivity index (χ1v) is 19.8. The van der Waals surface area contributed by atoms with Crippen LogP contribution in [0.2, 0.25) is 0 Å². The standard InChI is InChI=1S/C38H63N4O5PS/c1-9-12-14-15-21-42(34(43)16-13-10-2)32(27(6)48)23-33(47-11-3)36-41-31(25-49-36)35(44)40-30(24-38(7,8)37(45)46)22-28-17-19-29(20-18-28)39-26(4)5/h17-20,25-27,30,32-33,39H,9-16,21-24,48H2,1-8H3,(H,40,44)(H,45,46). The Morgan fingerprint density at radius 2 is 1.69 bits per heavy atom. The number of nitrogens with zero attached hydrogens (tertiary/aromatic N) is 2. The maximum absolute atomic E-state index is 13.6. The molecule has 9 nitrogen and oxygen atoms in total. The number of rotatable bonds is 24. The van der Waals surface area contributed by atoms with Crippen LogP contribution in [0.3, 0.4) is 0 Å². The minimum absolute atomic E-state index is 0.0570. The van der Waals surface area contributed by atoms with Crippen LogP contribution in [0.15, 0.2) is 29.6 Å². The van der Waals surface area contributed by atoms with Crippen LogP contribution in [-0.2, 0) is 20.7 Å². The summed E-state index contributed by atoms with van der Waals surface area (Å²) in [5.41, 5.74) is 1.39. The first-order chi connectivity index (χ1) is 23.2. The monoisotopic (exact) mass is 718 g/mol. The number of thiazole rings is 1. The van der Waals surface area contributed by atoms with Crippen molar-refractivity contribution >= 4 is 44.0 Å². The lowest BCUT2D eigenvalue weighted by molar-refractivity contribution is -0.147. The molecule has 2 amide bonds. The van der Waals surface area contributed by atoms with Crippen LogP contribution in [0.1, 0.15) is 140 Å². The average molecular weight is 719 g/mol. The van der Waals surface area contributed by atoms with Crippen LogP contribution in [-0.4, -0.2) is 69.7 Å². The molecule has 1 heterocycles. The number of carboxylic acid groups (broad SMARTS) is 1. The van der Waals surface area contributed by atoms with Crippen molar-refractivity contribution in [1.82, 2.24) is 15.2 Å². The van der Waals surface area contributed by atoms with E-state index >= 15 is 0 Å². The zero-order chi connectivity index (χ0) is 36.6. The number of hydrogen-bond donors (Lipinski definition) is 3. The summed E-state index contributed by atoms with van der Waals surface area (Å²) in [7, 11) is 2.89. The number of benzene rings is 1. The summed E-state index contributed by atoms with van der Waals surface area (Å²) in [6, 6.07) is 7.85. The van der Waals surface area contributed by atoms with E-state index in [0.29, 0.717) is 36.9 Å². The lowest BCUT2D eigenvalue weighted by Crippen LogP contribution is -2.46. The fourth-order valence-electron chi connectivity index (χ4n) is 5.97. The molecule has 0 saturated carbocycles. The van der Waals surface area contributed by atoms with Crippen molar-refractivity contribution in [3.8, 4) is 0 Å². The van der Waals surface area contributed by atoms with E-state index in [1.54, 1.807) is 19.2 Å². The maximum Gasteiger partial charge on any atom is 0.309 e. The van der Waals surface area contributed by atoms with E-state index in [1.807, 2.05) is 31.2 Å². The van der Waals surface area contributed by atoms with Gasteiger partial charge in [-0.05, 0) is 83.7 Å². The van der Waals surface area contributed by atoms with Gasteiger partial charge in [0, 0.05) is 55.2 Å². The van der Waals surface area contributed by atoms with Crippen LogP contribution in [0.4, 0.5) is 5.69 Å². The van der Waals surface area contributed by atoms with Crippen molar-refractivity contribution in [1.29, 1.82) is 0 Å². The smallest absolute Gasteiger partial charge is 0.309 e. The number of carboxylic acids is 1. The van der Waals surface area contributed by atoms with Gasteiger partial charge >= 0.3 is 5.97 Å². The highest BCUT2D eigenvalue weighted by Gasteiger charge is 2.33. The Kier molecular flexibility index (Phi) is 18.8. The highest BCUT2D eigenvalue weighted by molar-refractivity contribution is 7.17. The minimum Gasteiger partial charge on any atom is -0.481 e. The van der Waals surface area contributed by atoms with Gasteiger partial charge in [-0.15, -0.1) is 20.6 Å². The number of aromatic nitrogens is 1. The lowest BCUT2D eigenvalue weighted by atomic mass is 9.84. The molecule has 0 aliphatic rings. The Labute approximate surface area is 302 Å². The molecule has 2 rings (SSSR count). The molecule has 276 valence electrons. The molecular weight excluding hydrogens is 655 g/mol. The van der Waals surface area contributed by atoms with E-state index in [2.05, 4.69) is 59.4 Å². The van der Waals surface area contributed by atoms with Crippen LogP contribution in [0.5, 0.6) is 0 Å². The maximum atomic E-state index is 13.6. The van der Waals surface area contributed by atoms with E-state index in [9.17, 15) is 19.5 Å². The SMILES string of the molecule is CCCCCCN(C(=O)CCCC)C(CC(OCC)c1nc(C(=O)NC(Cc2ccc(NC(C)C)cc2)CC(C)(C)C(=O)O)cs1)C(C)P. The molecule has 2 aromatic rings. The second-order valence-corrected chi connectivity index (χ2v) is 16.1. The van der Waals surface area contributed by atoms with Gasteiger partial charge in [0.25, 0.3) is 5.91 Å². The molecule has 5 unspecified atom stereocenters. The summed E-state index contributed by atoms with van der Waals surface area (Å²) in [5, 5.41) is 18.8. The normalized spacial score (nSPS) is 14.2. The molecular formula is C38H63N4O5PS. The average Bonchev–Trinajstić information content (AvgIpc) is 3.53. The zero-order valence-corrected chi connectivity index (χ0v) is 33.2. The van der Waals surface area contributed by atoms with Gasteiger partial charge in [0.1, 0.15) is 16.8 Å². The predicted octanol–water partition coefficient (Wildman–Crippen LogP) is 8.50. The topological polar surface area (TPSA) is 121 Å². The van der Waals surface area contributed by atoms with Crippen molar-refractivity contribution in [2.75, 3.05) is 18.5 Å². The number of nitrogens with one attached hydrogen (secondary N) is 2. The summed E-state index contributed by atoms with van der Waals surface area (Å²) in [6.07, 6.45) is 7.68. The number of carbonyl (C=O) groups excluding carboxylic acids is 2. The van der Waals surface area contributed by atoms with Crippen LogP contribution in [0, 0.1) is 5.41 Å². The first-order valence-electron chi connectivity index (χ1n) is 18.2. The third-order valence-electron chi connectivity index (χ3n) is 8.74. The van der Waals surface area contributed by atoms with E-state index in [-0.39, 0.29) is 41.7 Å². The Bertz CT molecular complexity index is 1280. The third kappa shape index (κ3) is 14.7. The van der Waals surface area contributed by atoms with Crippen LogP contribution < -0.4 is 10.6 Å². The lowest BCUT2D eigenvalue weighted by Gasteiger charge is -2.36. The second kappa shape index (κ2) is 21.6. The van der Waals surface area contributed by atoms with Crippen molar-refractivity contribution in [2.24, 2.45) is 5.41 Å². The van der Waals surface area contributed by atoms with E-state index in [4.69, 9.17) is 9.72 Å². The Hall–Kier alpha value is -2.55. The molecule has 5 atom stereocenters. The molecule has 0 bridgehead atoms. The Morgan fingerprint density at radius 1 is 1.02 bits per heavy atom. The van der Waals surface area contributed by atoms with Crippen molar-refractivity contribution in [3.05, 3.63) is 45.9 Å². The van der Waals surface area contributed by atoms with Gasteiger partial charge in [0.05, 0.1) is 5.41 Å². The molecule has 0 fully saturated rings. The van der Waals surface area contributed by atoms with Crippen molar-refractivity contribution < 1.29 is 24.2 Å². The number of hydrogen-bond acceptors (Lipinski definition) is 7. The van der Waals surface area contributed by atoms with Gasteiger partial charge in [-0.1, -0.05) is 58.6 Å². The van der Waals surface area contributed by atoms with Crippen molar-refractivity contribution in [2.45, 2.75) is 149 Å². The van der Waals surface area contributed by atoms with Gasteiger partial charge in [0.15, 0.2) is 0 Å². The Morgan fingerprint density at radius 3 is 2.27 bits per heavy atom. The van der Waals surface area contributed by atoms with Gasteiger partial charge in [-0.3, -0.25) is 14.4 Å². The molecule has 0 saturated heterocycles. The molecule has 0 aliphatic carbocycles. The summed E-state index contributed by atoms with van der Waals surface area (Å²) in [6.45, 7) is 17.1. The molecule has 3 N–H and O–H groups in total. The fourth-order valence-corrected chi connectivity index (χ4v) is 7.20. The molecule has 0 radical (unpaired) electrons. The van der Waals surface area contributed by atoms with Crippen LogP contribution >= 0.6 is 20.6 Å². The number of amides is 2. The zero-order valence-electron chi connectivity index (χ0n) is 31.2. The van der Waals surface area contributed by atoms with Gasteiger partial charge in [-0.25, -0.2) is 4.98 Å². The number of anilines is 1. The van der Waals surface area contributed by atoms with E-state index < -0.39 is 17.4 Å². The number of carbonyl (C=O) groups is 3. The molecule has 1 aromatic heterocycles. The van der Waals surface area contributed by atoms with Gasteiger partial charge in [-0.2, -0.15) is 0 Å². The summed E-state index contributed by atoms with van der Waals surface area (Å²) in [4.78, 5) is 46.0. The molecule has 49 heavy (non-hydrogen) atoms. The molecule has 0 aliphatic heterocycles. The first kappa shape index (κ1) is 42.6. The summed E-state index contributed by atoms with van der Waals surface area (Å²) < 4.78 is 6.24. The molecule has 1 aromatic carbocycles. The van der Waals surface area contributed by atoms with E-state index in [0.717, 1.165) is 56.3 Å². The van der Waals surface area contributed by atoms with Gasteiger partial charge in [0.2, 0.25) is 5.91 Å². The van der Waals surface area contributed by atoms with Gasteiger partial charge < -0.3 is 25.4 Å². The molecule has 11 heteroatoms. The quantitative estimate of drug-likeness (QED) is 0.0735. The Balaban J connectivity index is 2.29. The van der Waals surface area contributed by atoms with Crippen molar-refractivity contribution in [3.63, 3.8) is 0 Å². The number of aliphatic carboxylic acids is 1. The highest BCUT2D eigenvalue weighted by Crippen LogP contribution is 2.32. The largest absolute Gasteiger partial charge is 0.481 e. The number of unbranched alkanes of at least 4 members (excludes halogenated alkanes) is 4. The third-order valence-corrected chi connectivity index (χ3v) is 10.1. The second-order valence-electron chi connectivity index (χ2n) is 14.2. The summed E-state index contributed by atoms with van der Waals surface area (Å²) >= 11 is 1.39. The highest BCUT2D eigenvalue weighted by atomic mass is 32.1. The van der Waals surface area contributed by atoms with E-state index in [1.165, 1.54) is 11.3 Å². The summed E-state index contributed by atoms with van der Waals surface area (Å²) in [5.74, 6) is -1.07. The minimum atomic E-state index is -1.04.